The van der Waals surface area contributed by atoms with Gasteiger partial charge in [-0.1, -0.05) is 17.7 Å². The summed E-state index contributed by atoms with van der Waals surface area (Å²) >= 11 is 6.40. The molecule has 3 aromatic rings. The maximum absolute atomic E-state index is 6.40. The number of benzene rings is 1. The van der Waals surface area contributed by atoms with Gasteiger partial charge in [-0.3, -0.25) is 4.68 Å². The summed E-state index contributed by atoms with van der Waals surface area (Å²) in [5, 5.41) is 6.44. The molecule has 0 saturated heterocycles. The predicted octanol–water partition coefficient (Wildman–Crippen LogP) is 3.33. The number of nitrogens with two attached hydrogens (primary N) is 1. The van der Waals surface area contributed by atoms with Crippen molar-refractivity contribution in [2.75, 3.05) is 0 Å². The number of fused-ring (bicyclic) bond motifs is 1. The number of halogens is 1. The zero-order valence-corrected chi connectivity index (χ0v) is 13.1. The first-order chi connectivity index (χ1) is 10.1. The van der Waals surface area contributed by atoms with Crippen LogP contribution in [0.2, 0.25) is 5.02 Å². The molecular formula is C16H19ClN4. The zero-order valence-electron chi connectivity index (χ0n) is 12.3. The Hall–Kier alpha value is -1.78. The maximum atomic E-state index is 6.40. The fourth-order valence-electron chi connectivity index (χ4n) is 2.70. The molecule has 0 aliphatic rings. The minimum absolute atomic E-state index is 0.564. The molecule has 0 fully saturated rings. The van der Waals surface area contributed by atoms with Crippen LogP contribution in [0.4, 0.5) is 0 Å². The Balaban J connectivity index is 2.02. The van der Waals surface area contributed by atoms with E-state index in [9.17, 15) is 0 Å². The molecule has 2 heterocycles. The van der Waals surface area contributed by atoms with Gasteiger partial charge in [0.2, 0.25) is 0 Å². The van der Waals surface area contributed by atoms with Crippen molar-refractivity contribution < 1.29 is 0 Å². The second-order valence-electron chi connectivity index (χ2n) is 5.20. The molecule has 110 valence electrons. The van der Waals surface area contributed by atoms with Gasteiger partial charge in [-0.15, -0.1) is 0 Å². The van der Waals surface area contributed by atoms with Crippen LogP contribution in [0.3, 0.4) is 0 Å². The van der Waals surface area contributed by atoms with E-state index < -0.39 is 0 Å². The van der Waals surface area contributed by atoms with Crippen LogP contribution in [0, 0.1) is 6.92 Å². The number of aromatic nitrogens is 3. The lowest BCUT2D eigenvalue weighted by atomic mass is 10.1. The van der Waals surface area contributed by atoms with Gasteiger partial charge in [0, 0.05) is 24.8 Å². The second kappa shape index (κ2) is 5.54. The van der Waals surface area contributed by atoms with Gasteiger partial charge >= 0.3 is 0 Å². The van der Waals surface area contributed by atoms with E-state index in [0.29, 0.717) is 6.54 Å². The van der Waals surface area contributed by atoms with Gasteiger partial charge in [-0.05, 0) is 43.0 Å². The molecule has 3 rings (SSSR count). The summed E-state index contributed by atoms with van der Waals surface area (Å²) in [5.74, 6) is 0. The smallest absolute Gasteiger partial charge is 0.0865 e. The Morgan fingerprint density at radius 1 is 1.29 bits per heavy atom. The van der Waals surface area contributed by atoms with Gasteiger partial charge in [0.25, 0.3) is 0 Å². The first-order valence-corrected chi connectivity index (χ1v) is 7.51. The molecule has 1 aromatic carbocycles. The average Bonchev–Trinajstić information content (AvgIpc) is 3.02. The van der Waals surface area contributed by atoms with Gasteiger partial charge in [-0.2, -0.15) is 5.10 Å². The summed E-state index contributed by atoms with van der Waals surface area (Å²) in [4.78, 5) is 0. The summed E-state index contributed by atoms with van der Waals surface area (Å²) in [5.41, 5.74) is 9.96. The van der Waals surface area contributed by atoms with Crippen LogP contribution in [0.15, 0.2) is 30.5 Å². The van der Waals surface area contributed by atoms with Crippen LogP contribution in [-0.4, -0.2) is 14.3 Å². The Morgan fingerprint density at radius 2 is 2.10 bits per heavy atom. The topological polar surface area (TPSA) is 48.8 Å². The molecule has 0 amide bonds. The quantitative estimate of drug-likeness (QED) is 0.803. The van der Waals surface area contributed by atoms with Crippen molar-refractivity contribution in [3.05, 3.63) is 52.4 Å². The van der Waals surface area contributed by atoms with Crippen LogP contribution in [0.25, 0.3) is 10.9 Å². The minimum atomic E-state index is 0.564. The van der Waals surface area contributed by atoms with Gasteiger partial charge in [0.1, 0.15) is 0 Å². The number of aryl methyl sites for hydroxylation is 2. The first-order valence-electron chi connectivity index (χ1n) is 7.13. The van der Waals surface area contributed by atoms with E-state index in [-0.39, 0.29) is 0 Å². The van der Waals surface area contributed by atoms with Crippen molar-refractivity contribution in [2.24, 2.45) is 5.73 Å². The highest BCUT2D eigenvalue weighted by Crippen LogP contribution is 2.24. The molecule has 0 aliphatic carbocycles. The third-order valence-corrected chi connectivity index (χ3v) is 4.34. The van der Waals surface area contributed by atoms with Gasteiger partial charge in [0.15, 0.2) is 0 Å². The Labute approximate surface area is 129 Å². The van der Waals surface area contributed by atoms with Crippen molar-refractivity contribution in [1.82, 2.24) is 14.3 Å². The third kappa shape index (κ3) is 2.45. The summed E-state index contributed by atoms with van der Waals surface area (Å²) in [6.07, 6.45) is 2.09. The van der Waals surface area contributed by atoms with Crippen LogP contribution < -0.4 is 5.73 Å². The van der Waals surface area contributed by atoms with Crippen molar-refractivity contribution in [2.45, 2.75) is 33.5 Å². The standard InChI is InChI=1S/C16H19ClN4/c1-3-21-15(16(17)11(2)19-21)10-20-7-6-13-8-12(9-18)4-5-14(13)20/h4-8H,3,9-10,18H2,1-2H3. The molecule has 5 heteroatoms. The van der Waals surface area contributed by atoms with Crippen molar-refractivity contribution in [3.8, 4) is 0 Å². The Bertz CT molecular complexity index is 785. The van der Waals surface area contributed by atoms with Crippen LogP contribution in [0.1, 0.15) is 23.9 Å². The van der Waals surface area contributed by atoms with Crippen LogP contribution in [-0.2, 0) is 19.6 Å². The molecule has 0 unspecified atom stereocenters. The summed E-state index contributed by atoms with van der Waals surface area (Å²) in [6.45, 7) is 6.12. The second-order valence-corrected chi connectivity index (χ2v) is 5.58. The summed E-state index contributed by atoms with van der Waals surface area (Å²) in [6, 6.07) is 8.44. The highest BCUT2D eigenvalue weighted by Gasteiger charge is 2.13. The SMILES string of the molecule is CCn1nc(C)c(Cl)c1Cn1ccc2cc(CN)ccc21. The Morgan fingerprint density at radius 3 is 2.81 bits per heavy atom. The lowest BCUT2D eigenvalue weighted by Gasteiger charge is -2.09. The fourth-order valence-corrected chi connectivity index (χ4v) is 2.89. The molecule has 2 N–H and O–H groups in total. The maximum Gasteiger partial charge on any atom is 0.0865 e. The molecule has 0 bridgehead atoms. The molecule has 0 saturated carbocycles. The van der Waals surface area contributed by atoms with E-state index in [1.54, 1.807) is 0 Å². The van der Waals surface area contributed by atoms with Crippen molar-refractivity contribution in [3.63, 3.8) is 0 Å². The number of hydrogen-bond donors (Lipinski definition) is 1. The summed E-state index contributed by atoms with van der Waals surface area (Å²) in [7, 11) is 0. The van der Waals surface area contributed by atoms with E-state index in [0.717, 1.165) is 35.1 Å². The molecule has 0 radical (unpaired) electrons. The monoisotopic (exact) mass is 302 g/mol. The van der Waals surface area contributed by atoms with Gasteiger partial charge in [-0.25, -0.2) is 0 Å². The van der Waals surface area contributed by atoms with E-state index in [4.69, 9.17) is 17.3 Å². The lowest BCUT2D eigenvalue weighted by Crippen LogP contribution is -2.07. The fraction of sp³-hybridized carbons (Fsp3) is 0.312. The molecule has 21 heavy (non-hydrogen) atoms. The molecule has 2 aromatic heterocycles. The van der Waals surface area contributed by atoms with E-state index in [2.05, 4.69) is 47.1 Å². The molecule has 4 nitrogen and oxygen atoms in total. The number of hydrogen-bond acceptors (Lipinski definition) is 2. The van der Waals surface area contributed by atoms with Gasteiger partial charge in [0.05, 0.1) is 23.0 Å². The number of nitrogens with zero attached hydrogens (tertiary/aromatic N) is 3. The average molecular weight is 303 g/mol. The van der Waals surface area contributed by atoms with Gasteiger partial charge < -0.3 is 10.3 Å². The van der Waals surface area contributed by atoms with Crippen molar-refractivity contribution >= 4 is 22.5 Å². The molecular weight excluding hydrogens is 284 g/mol. The molecule has 0 atom stereocenters. The minimum Gasteiger partial charge on any atom is -0.341 e. The van der Waals surface area contributed by atoms with Crippen LogP contribution in [0.5, 0.6) is 0 Å². The molecule has 0 spiro atoms. The van der Waals surface area contributed by atoms with Crippen molar-refractivity contribution in [1.29, 1.82) is 0 Å². The lowest BCUT2D eigenvalue weighted by molar-refractivity contribution is 0.602. The summed E-state index contributed by atoms with van der Waals surface area (Å²) < 4.78 is 4.17. The highest BCUT2D eigenvalue weighted by molar-refractivity contribution is 6.31. The van der Waals surface area contributed by atoms with E-state index in [1.165, 1.54) is 10.9 Å². The largest absolute Gasteiger partial charge is 0.341 e. The molecule has 0 aliphatic heterocycles. The zero-order chi connectivity index (χ0) is 15.0. The van der Waals surface area contributed by atoms with E-state index in [1.807, 2.05) is 11.6 Å². The normalized spacial score (nSPS) is 11.4. The number of rotatable bonds is 4. The van der Waals surface area contributed by atoms with E-state index >= 15 is 0 Å². The Kier molecular flexibility index (Phi) is 3.74. The highest BCUT2D eigenvalue weighted by atomic mass is 35.5. The van der Waals surface area contributed by atoms with Crippen LogP contribution >= 0.6 is 11.6 Å². The third-order valence-electron chi connectivity index (χ3n) is 3.84. The first kappa shape index (κ1) is 14.2. The predicted molar refractivity (Wildman–Crippen MR) is 86.6 cm³/mol.